The predicted octanol–water partition coefficient (Wildman–Crippen LogP) is 3.39. The molecular formula is C27H24N2O5. The number of aliphatic hydroxyl groups is 1. The lowest BCUT2D eigenvalue weighted by molar-refractivity contribution is -0.132. The summed E-state index contributed by atoms with van der Waals surface area (Å²) in [5.74, 6) is -3.50. The normalized spacial score (nSPS) is 25.2. The van der Waals surface area contributed by atoms with Gasteiger partial charge in [0, 0.05) is 23.4 Å². The number of Topliss-reactive ketones (excluding diaryl/α,β-unsaturated/α-hetero) is 2. The van der Waals surface area contributed by atoms with Gasteiger partial charge in [0.2, 0.25) is 0 Å². The first kappa shape index (κ1) is 21.8. The molecule has 2 aliphatic heterocycles. The molecule has 34 heavy (non-hydrogen) atoms. The SMILES string of the molecule is Cc1ccc(N2C(=O)C(=O)/C(=C(/O)c3ccccc3)C23C(=O)NC2=C3C(=O)CC(C)(C)C2)cc1. The number of nitrogens with one attached hydrogen (secondary N) is 1. The van der Waals surface area contributed by atoms with E-state index in [1.807, 2.05) is 20.8 Å². The number of fused-ring (bicyclic) bond motifs is 1. The highest BCUT2D eigenvalue weighted by Crippen LogP contribution is 2.52. The number of allylic oxidation sites excluding steroid dienone is 1. The van der Waals surface area contributed by atoms with Gasteiger partial charge in [0.25, 0.3) is 11.7 Å². The fourth-order valence-electron chi connectivity index (χ4n) is 5.30. The summed E-state index contributed by atoms with van der Waals surface area (Å²) < 4.78 is 0. The summed E-state index contributed by atoms with van der Waals surface area (Å²) in [7, 11) is 0. The third kappa shape index (κ3) is 2.89. The molecule has 3 aliphatic rings. The maximum absolute atomic E-state index is 13.8. The molecule has 2 amide bonds. The van der Waals surface area contributed by atoms with Gasteiger partial charge in [0.15, 0.2) is 11.3 Å². The van der Waals surface area contributed by atoms with Gasteiger partial charge in [-0.25, -0.2) is 0 Å². The number of aryl methyl sites for hydroxylation is 1. The molecule has 172 valence electrons. The molecule has 5 rings (SSSR count). The molecule has 0 radical (unpaired) electrons. The lowest BCUT2D eigenvalue weighted by Crippen LogP contribution is -2.56. The quantitative estimate of drug-likeness (QED) is 0.410. The number of ketones is 2. The van der Waals surface area contributed by atoms with Gasteiger partial charge < -0.3 is 10.4 Å². The molecule has 2 heterocycles. The van der Waals surface area contributed by atoms with Crippen molar-refractivity contribution in [2.75, 3.05) is 4.90 Å². The second-order valence-electron chi connectivity index (χ2n) is 9.85. The Balaban J connectivity index is 1.87. The van der Waals surface area contributed by atoms with Gasteiger partial charge in [-0.3, -0.25) is 24.1 Å². The van der Waals surface area contributed by atoms with E-state index in [9.17, 15) is 24.3 Å². The first-order valence-corrected chi connectivity index (χ1v) is 11.1. The van der Waals surface area contributed by atoms with E-state index in [1.165, 1.54) is 0 Å². The summed E-state index contributed by atoms with van der Waals surface area (Å²) >= 11 is 0. The third-order valence-corrected chi connectivity index (χ3v) is 6.73. The van der Waals surface area contributed by atoms with Crippen LogP contribution in [0.4, 0.5) is 5.69 Å². The number of carbonyl (C=O) groups is 4. The highest BCUT2D eigenvalue weighted by Gasteiger charge is 2.69. The Labute approximate surface area is 196 Å². The van der Waals surface area contributed by atoms with Crippen molar-refractivity contribution in [1.82, 2.24) is 5.32 Å². The number of benzene rings is 2. The minimum Gasteiger partial charge on any atom is -0.507 e. The van der Waals surface area contributed by atoms with Gasteiger partial charge in [0.1, 0.15) is 5.76 Å². The van der Waals surface area contributed by atoms with Crippen LogP contribution in [0.25, 0.3) is 5.76 Å². The number of amides is 2. The monoisotopic (exact) mass is 456 g/mol. The van der Waals surface area contributed by atoms with Gasteiger partial charge >= 0.3 is 5.91 Å². The third-order valence-electron chi connectivity index (χ3n) is 6.73. The molecule has 1 saturated heterocycles. The second-order valence-corrected chi connectivity index (χ2v) is 9.85. The van der Waals surface area contributed by atoms with Crippen molar-refractivity contribution >= 4 is 34.8 Å². The highest BCUT2D eigenvalue weighted by atomic mass is 16.3. The van der Waals surface area contributed by atoms with Gasteiger partial charge in [-0.05, 0) is 30.9 Å². The van der Waals surface area contributed by atoms with Crippen LogP contribution in [0, 0.1) is 12.3 Å². The van der Waals surface area contributed by atoms with Crippen LogP contribution < -0.4 is 10.2 Å². The van der Waals surface area contributed by atoms with Crippen molar-refractivity contribution in [3.8, 4) is 0 Å². The maximum atomic E-state index is 13.8. The molecule has 2 N–H and O–H groups in total. The average molecular weight is 456 g/mol. The van der Waals surface area contributed by atoms with Crippen LogP contribution in [0.3, 0.4) is 0 Å². The van der Waals surface area contributed by atoms with Crippen molar-refractivity contribution < 1.29 is 24.3 Å². The number of hydrogen-bond donors (Lipinski definition) is 2. The van der Waals surface area contributed by atoms with Gasteiger partial charge in [-0.1, -0.05) is 61.9 Å². The van der Waals surface area contributed by atoms with Crippen molar-refractivity contribution in [2.24, 2.45) is 5.41 Å². The molecule has 7 heteroatoms. The minimum absolute atomic E-state index is 0.0640. The molecule has 0 saturated carbocycles. The molecule has 0 aromatic heterocycles. The van der Waals surface area contributed by atoms with E-state index in [-0.39, 0.29) is 28.9 Å². The summed E-state index contributed by atoms with van der Waals surface area (Å²) in [6.07, 6.45) is 0.539. The van der Waals surface area contributed by atoms with Crippen molar-refractivity contribution in [3.63, 3.8) is 0 Å². The smallest absolute Gasteiger partial charge is 0.300 e. The fraction of sp³-hybridized carbons (Fsp3) is 0.259. The van der Waals surface area contributed by atoms with Crippen LogP contribution >= 0.6 is 0 Å². The summed E-state index contributed by atoms with van der Waals surface area (Å²) in [6, 6.07) is 15.0. The highest BCUT2D eigenvalue weighted by molar-refractivity contribution is 6.56. The zero-order valence-corrected chi connectivity index (χ0v) is 19.1. The zero-order chi connectivity index (χ0) is 24.4. The molecule has 1 fully saturated rings. The van der Waals surface area contributed by atoms with E-state index in [1.54, 1.807) is 54.6 Å². The van der Waals surface area contributed by atoms with Crippen molar-refractivity contribution in [1.29, 1.82) is 0 Å². The summed E-state index contributed by atoms with van der Waals surface area (Å²) in [5.41, 5.74) is -0.924. The molecule has 1 aliphatic carbocycles. The summed E-state index contributed by atoms with van der Waals surface area (Å²) in [6.45, 7) is 5.72. The molecule has 1 atom stereocenters. The van der Waals surface area contributed by atoms with E-state index >= 15 is 0 Å². The van der Waals surface area contributed by atoms with Crippen LogP contribution in [0.15, 0.2) is 71.4 Å². The minimum atomic E-state index is -2.08. The molecule has 7 nitrogen and oxygen atoms in total. The van der Waals surface area contributed by atoms with Gasteiger partial charge in [-0.2, -0.15) is 0 Å². The largest absolute Gasteiger partial charge is 0.507 e. The predicted molar refractivity (Wildman–Crippen MR) is 126 cm³/mol. The Hall–Kier alpha value is -4.00. The van der Waals surface area contributed by atoms with E-state index in [4.69, 9.17) is 0 Å². The number of carbonyl (C=O) groups excluding carboxylic acids is 4. The van der Waals surface area contributed by atoms with Crippen LogP contribution in [-0.4, -0.2) is 34.0 Å². The number of anilines is 1. The number of nitrogens with zero attached hydrogens (tertiary/aromatic N) is 1. The molecule has 2 aromatic carbocycles. The van der Waals surface area contributed by atoms with Crippen molar-refractivity contribution in [3.05, 3.63) is 82.6 Å². The van der Waals surface area contributed by atoms with Gasteiger partial charge in [0.05, 0.1) is 11.1 Å². The molecule has 1 spiro atoms. The maximum Gasteiger partial charge on any atom is 0.300 e. The Bertz CT molecular complexity index is 1330. The summed E-state index contributed by atoms with van der Waals surface area (Å²) in [5, 5.41) is 14.1. The average Bonchev–Trinajstić information content (AvgIpc) is 3.18. The second kappa shape index (κ2) is 7.25. The van der Waals surface area contributed by atoms with Crippen LogP contribution in [0.5, 0.6) is 0 Å². The first-order valence-electron chi connectivity index (χ1n) is 11.1. The lowest BCUT2D eigenvalue weighted by atomic mass is 9.70. The van der Waals surface area contributed by atoms with E-state index < -0.39 is 34.3 Å². The first-order chi connectivity index (χ1) is 16.1. The Morgan fingerprint density at radius 1 is 0.941 bits per heavy atom. The van der Waals surface area contributed by atoms with Crippen LogP contribution in [0.2, 0.25) is 0 Å². The van der Waals surface area contributed by atoms with E-state index in [0.717, 1.165) is 10.5 Å². The standard InChI is InChI=1S/C27H24N2O5/c1-15-9-11-17(12-10-15)29-24(33)23(32)21(22(31)16-7-5-4-6-8-16)27(29)20-18(28-25(27)34)13-26(2,3)14-19(20)30/h4-12,31H,13-14H2,1-3H3,(H,28,34)/b22-21-. The number of rotatable bonds is 2. The van der Waals surface area contributed by atoms with E-state index in [0.29, 0.717) is 17.8 Å². The van der Waals surface area contributed by atoms with E-state index in [2.05, 4.69) is 5.32 Å². The molecule has 1 unspecified atom stereocenters. The summed E-state index contributed by atoms with van der Waals surface area (Å²) in [4.78, 5) is 55.4. The van der Waals surface area contributed by atoms with Crippen LogP contribution in [-0.2, 0) is 19.2 Å². The van der Waals surface area contributed by atoms with Crippen LogP contribution in [0.1, 0.15) is 37.8 Å². The van der Waals surface area contributed by atoms with Gasteiger partial charge in [-0.15, -0.1) is 0 Å². The Morgan fingerprint density at radius 3 is 2.24 bits per heavy atom. The molecular weight excluding hydrogens is 432 g/mol. The lowest BCUT2D eigenvalue weighted by Gasteiger charge is -2.37. The van der Waals surface area contributed by atoms with Crippen molar-refractivity contribution in [2.45, 2.75) is 39.2 Å². The molecule has 2 aromatic rings. The molecule has 0 bridgehead atoms. The topological polar surface area (TPSA) is 104 Å². The Morgan fingerprint density at radius 2 is 1.59 bits per heavy atom. The fourth-order valence-corrected chi connectivity index (χ4v) is 5.30. The Kier molecular flexibility index (Phi) is 4.65. The number of aliphatic hydroxyl groups excluding tert-OH is 1. The number of hydrogen-bond acceptors (Lipinski definition) is 5. The zero-order valence-electron chi connectivity index (χ0n) is 19.1.